The Kier molecular flexibility index (Phi) is 4.84. The number of nitro benzene ring substituents is 1. The number of nitrogens with zero attached hydrogens (tertiary/aromatic N) is 1. The van der Waals surface area contributed by atoms with E-state index >= 15 is 0 Å². The van der Waals surface area contributed by atoms with Crippen molar-refractivity contribution in [3.63, 3.8) is 0 Å². The van der Waals surface area contributed by atoms with E-state index in [4.69, 9.17) is 9.47 Å². The summed E-state index contributed by atoms with van der Waals surface area (Å²) in [5.74, 6) is -0.873. The zero-order chi connectivity index (χ0) is 13.8. The van der Waals surface area contributed by atoms with Gasteiger partial charge in [-0.2, -0.15) is 4.39 Å². The molecule has 0 aromatic heterocycles. The molecule has 7 heteroatoms. The fourth-order valence-electron chi connectivity index (χ4n) is 1.88. The molecule has 0 bridgehead atoms. The summed E-state index contributed by atoms with van der Waals surface area (Å²) in [5.41, 5.74) is -0.0216. The highest BCUT2D eigenvalue weighted by molar-refractivity contribution is 9.10. The summed E-state index contributed by atoms with van der Waals surface area (Å²) in [5, 5.41) is 10.7. The number of ether oxygens (including phenoxy) is 2. The summed E-state index contributed by atoms with van der Waals surface area (Å²) in [7, 11) is 0. The van der Waals surface area contributed by atoms with Crippen LogP contribution in [0.3, 0.4) is 0 Å². The van der Waals surface area contributed by atoms with Crippen LogP contribution in [-0.4, -0.2) is 17.8 Å². The summed E-state index contributed by atoms with van der Waals surface area (Å²) >= 11 is 2.96. The van der Waals surface area contributed by atoms with Crippen LogP contribution in [0.5, 0.6) is 0 Å². The van der Waals surface area contributed by atoms with E-state index in [9.17, 15) is 14.5 Å². The van der Waals surface area contributed by atoms with Gasteiger partial charge in [0, 0.05) is 12.7 Å². The fourth-order valence-corrected chi connectivity index (χ4v) is 2.37. The summed E-state index contributed by atoms with van der Waals surface area (Å²) < 4.78 is 24.4. The largest absolute Gasteiger partial charge is 0.353 e. The van der Waals surface area contributed by atoms with Crippen molar-refractivity contribution in [2.24, 2.45) is 0 Å². The van der Waals surface area contributed by atoms with Gasteiger partial charge < -0.3 is 9.47 Å². The first-order valence-electron chi connectivity index (χ1n) is 5.93. The van der Waals surface area contributed by atoms with Crippen molar-refractivity contribution in [2.75, 3.05) is 6.61 Å². The SMILES string of the molecule is O=[N+]([O-])c1cc(COC2CCCCO2)cc(Br)c1F. The predicted octanol–water partition coefficient (Wildman–Crippen LogP) is 3.54. The molecule has 1 aromatic carbocycles. The van der Waals surface area contributed by atoms with Gasteiger partial charge in [-0.15, -0.1) is 0 Å². The minimum atomic E-state index is -0.873. The average Bonchev–Trinajstić information content (AvgIpc) is 2.41. The Morgan fingerprint density at radius 1 is 1.53 bits per heavy atom. The van der Waals surface area contributed by atoms with Crippen molar-refractivity contribution >= 4 is 21.6 Å². The summed E-state index contributed by atoms with van der Waals surface area (Å²) in [6, 6.07) is 2.66. The van der Waals surface area contributed by atoms with Crippen LogP contribution in [0.1, 0.15) is 24.8 Å². The Hall–Kier alpha value is -1.05. The van der Waals surface area contributed by atoms with E-state index in [-0.39, 0.29) is 17.4 Å². The van der Waals surface area contributed by atoms with Gasteiger partial charge in [0.15, 0.2) is 6.29 Å². The predicted molar refractivity (Wildman–Crippen MR) is 69.1 cm³/mol. The van der Waals surface area contributed by atoms with Gasteiger partial charge in [0.05, 0.1) is 16.0 Å². The van der Waals surface area contributed by atoms with Crippen LogP contribution >= 0.6 is 15.9 Å². The van der Waals surface area contributed by atoms with E-state index in [0.29, 0.717) is 12.2 Å². The number of halogens is 2. The molecule has 0 N–H and O–H groups in total. The number of hydrogen-bond donors (Lipinski definition) is 0. The van der Waals surface area contributed by atoms with E-state index in [2.05, 4.69) is 15.9 Å². The summed E-state index contributed by atoms with van der Waals surface area (Å²) in [6.45, 7) is 0.822. The third kappa shape index (κ3) is 3.71. The lowest BCUT2D eigenvalue weighted by Crippen LogP contribution is -2.22. The van der Waals surface area contributed by atoms with Gasteiger partial charge in [0.2, 0.25) is 5.82 Å². The zero-order valence-electron chi connectivity index (χ0n) is 10.1. The highest BCUT2D eigenvalue weighted by atomic mass is 79.9. The van der Waals surface area contributed by atoms with Crippen molar-refractivity contribution in [1.82, 2.24) is 0 Å². The first-order valence-corrected chi connectivity index (χ1v) is 6.72. The Balaban J connectivity index is 2.05. The first kappa shape index (κ1) is 14.4. The monoisotopic (exact) mass is 333 g/mol. The molecule has 19 heavy (non-hydrogen) atoms. The Bertz CT molecular complexity index is 477. The third-order valence-corrected chi connectivity index (χ3v) is 3.42. The van der Waals surface area contributed by atoms with Crippen molar-refractivity contribution in [2.45, 2.75) is 32.2 Å². The minimum Gasteiger partial charge on any atom is -0.353 e. The molecule has 5 nitrogen and oxygen atoms in total. The Morgan fingerprint density at radius 3 is 2.95 bits per heavy atom. The van der Waals surface area contributed by atoms with Gasteiger partial charge >= 0.3 is 5.69 Å². The summed E-state index contributed by atoms with van der Waals surface area (Å²) in [4.78, 5) is 9.96. The van der Waals surface area contributed by atoms with Crippen LogP contribution in [0, 0.1) is 15.9 Å². The smallest absolute Gasteiger partial charge is 0.306 e. The highest BCUT2D eigenvalue weighted by Crippen LogP contribution is 2.27. The second-order valence-corrected chi connectivity index (χ2v) is 5.13. The maximum atomic E-state index is 13.5. The van der Waals surface area contributed by atoms with Crippen LogP contribution in [0.2, 0.25) is 0 Å². The molecule has 1 aliphatic heterocycles. The molecule has 0 radical (unpaired) electrons. The molecule has 0 amide bonds. The molecule has 1 fully saturated rings. The lowest BCUT2D eigenvalue weighted by Gasteiger charge is -2.22. The van der Waals surface area contributed by atoms with E-state index < -0.39 is 16.4 Å². The van der Waals surface area contributed by atoms with Crippen molar-refractivity contribution in [1.29, 1.82) is 0 Å². The lowest BCUT2D eigenvalue weighted by atomic mass is 10.2. The quantitative estimate of drug-likeness (QED) is 0.624. The standard InChI is InChI=1S/C12H13BrFNO4/c13-9-5-8(6-10(12(9)14)15(16)17)7-19-11-3-1-2-4-18-11/h5-6,11H,1-4,7H2. The number of nitro groups is 1. The van der Waals surface area contributed by atoms with Gasteiger partial charge in [0.25, 0.3) is 0 Å². The number of hydrogen-bond acceptors (Lipinski definition) is 4. The molecule has 1 aliphatic rings. The molecule has 0 saturated carbocycles. The second-order valence-electron chi connectivity index (χ2n) is 4.27. The van der Waals surface area contributed by atoms with Crippen molar-refractivity contribution in [3.05, 3.63) is 38.1 Å². The maximum absolute atomic E-state index is 13.5. The van der Waals surface area contributed by atoms with Crippen LogP contribution < -0.4 is 0 Å². The van der Waals surface area contributed by atoms with Crippen LogP contribution in [0.15, 0.2) is 16.6 Å². The maximum Gasteiger partial charge on any atom is 0.306 e. The molecule has 104 valence electrons. The van der Waals surface area contributed by atoms with E-state index in [1.54, 1.807) is 0 Å². The average molecular weight is 334 g/mol. The molecule has 0 aliphatic carbocycles. The van der Waals surface area contributed by atoms with Crippen LogP contribution in [-0.2, 0) is 16.1 Å². The highest BCUT2D eigenvalue weighted by Gasteiger charge is 2.20. The van der Waals surface area contributed by atoms with Crippen LogP contribution in [0.25, 0.3) is 0 Å². The molecule has 1 heterocycles. The van der Waals surface area contributed by atoms with Gasteiger partial charge in [-0.05, 0) is 46.8 Å². The third-order valence-electron chi connectivity index (χ3n) is 2.84. The summed E-state index contributed by atoms with van der Waals surface area (Å²) in [6.07, 6.45) is 2.59. The molecule has 1 aromatic rings. The van der Waals surface area contributed by atoms with Gasteiger partial charge in [0.1, 0.15) is 0 Å². The Morgan fingerprint density at radius 2 is 2.32 bits per heavy atom. The van der Waals surface area contributed by atoms with E-state index in [1.165, 1.54) is 12.1 Å². The molecule has 0 spiro atoms. The lowest BCUT2D eigenvalue weighted by molar-refractivity contribution is -0.387. The minimum absolute atomic E-state index is 0.0601. The topological polar surface area (TPSA) is 61.6 Å². The second kappa shape index (κ2) is 6.40. The zero-order valence-corrected chi connectivity index (χ0v) is 11.7. The van der Waals surface area contributed by atoms with Crippen molar-refractivity contribution in [3.8, 4) is 0 Å². The van der Waals surface area contributed by atoms with Gasteiger partial charge in [-0.3, -0.25) is 10.1 Å². The van der Waals surface area contributed by atoms with Crippen LogP contribution in [0.4, 0.5) is 10.1 Å². The molecular formula is C12H13BrFNO4. The number of benzene rings is 1. The number of rotatable bonds is 4. The van der Waals surface area contributed by atoms with Crippen molar-refractivity contribution < 1.29 is 18.8 Å². The molecular weight excluding hydrogens is 321 g/mol. The first-order chi connectivity index (χ1) is 9.08. The Labute approximate surface area is 118 Å². The molecule has 1 atom stereocenters. The fraction of sp³-hybridized carbons (Fsp3) is 0.500. The van der Waals surface area contributed by atoms with E-state index in [0.717, 1.165) is 19.3 Å². The van der Waals surface area contributed by atoms with E-state index in [1.807, 2.05) is 0 Å². The molecule has 1 unspecified atom stereocenters. The molecule has 2 rings (SSSR count). The van der Waals surface area contributed by atoms with Gasteiger partial charge in [-0.1, -0.05) is 0 Å². The normalized spacial score (nSPS) is 19.4. The van der Waals surface area contributed by atoms with Gasteiger partial charge in [-0.25, -0.2) is 0 Å². The molecule has 1 saturated heterocycles.